The van der Waals surface area contributed by atoms with E-state index < -0.39 is 28.9 Å². The molecule has 1 aromatic heterocycles. The van der Waals surface area contributed by atoms with Crippen molar-refractivity contribution in [2.75, 3.05) is 73.6 Å². The number of Topliss-reactive ketones (excluding diaryl/α,β-unsaturated/α-hetero) is 1. The Labute approximate surface area is 389 Å². The first kappa shape index (κ1) is 56.1. The Hall–Kier alpha value is -4.94. The monoisotopic (exact) mass is 976 g/mol. The van der Waals surface area contributed by atoms with Gasteiger partial charge in [-0.25, -0.2) is 13.8 Å². The summed E-state index contributed by atoms with van der Waals surface area (Å²) < 4.78 is 40.4. The fraction of sp³-hybridized carbons (Fsp3) is 0.370. The minimum atomic E-state index is -0.869. The van der Waals surface area contributed by atoms with Crippen LogP contribution in [0.4, 0.5) is 31.1 Å². The number of aromatic hydroxyl groups is 2. The molecule has 6 N–H and O–H groups in total. The molecule has 5 aromatic rings. The molecule has 0 aliphatic heterocycles. The summed E-state index contributed by atoms with van der Waals surface area (Å²) in [6.45, 7) is 23.9. The fourth-order valence-corrected chi connectivity index (χ4v) is 6.47. The second kappa shape index (κ2) is 31.8. The van der Waals surface area contributed by atoms with E-state index in [0.717, 1.165) is 104 Å². The molecule has 0 aliphatic carbocycles. The van der Waals surface area contributed by atoms with Crippen LogP contribution in [-0.2, 0) is 0 Å². The predicted octanol–water partition coefficient (Wildman–Crippen LogP) is 11.1. The Morgan fingerprint density at radius 2 is 1.16 bits per heavy atom. The van der Waals surface area contributed by atoms with Crippen molar-refractivity contribution in [2.24, 2.45) is 0 Å². The molecule has 0 spiro atoms. The van der Waals surface area contributed by atoms with Crippen molar-refractivity contribution in [3.8, 4) is 23.0 Å². The third-order valence-corrected chi connectivity index (χ3v) is 10.4. The molecule has 0 atom stereocenters. The van der Waals surface area contributed by atoms with Gasteiger partial charge >= 0.3 is 0 Å². The SMILES string of the molecule is CC.CC.CCN(CC)CCOc1ccc(NS)cc1.CCN(CC)CCOc1ccc(Nc2nc(N)c(C(=O)c3ccc(O)c(F)c3)s2)cc1.O=C(CBr)c1ccc(O)c(F)c1. The summed E-state index contributed by atoms with van der Waals surface area (Å²) in [6.07, 6.45) is 0. The zero-order valence-corrected chi connectivity index (χ0v) is 40.7. The summed E-state index contributed by atoms with van der Waals surface area (Å²) in [4.78, 5) is 32.6. The van der Waals surface area contributed by atoms with Gasteiger partial charge in [-0.3, -0.25) is 9.59 Å². The van der Waals surface area contributed by atoms with Crippen molar-refractivity contribution in [1.82, 2.24) is 14.8 Å². The highest BCUT2D eigenvalue weighted by Crippen LogP contribution is 2.31. The van der Waals surface area contributed by atoms with Crippen LogP contribution in [0.25, 0.3) is 0 Å². The first-order valence-electron chi connectivity index (χ1n) is 20.8. The Bertz CT molecular complexity index is 2050. The van der Waals surface area contributed by atoms with E-state index in [1.807, 2.05) is 76.2 Å². The molecule has 63 heavy (non-hydrogen) atoms. The van der Waals surface area contributed by atoms with Gasteiger partial charge in [0, 0.05) is 35.6 Å². The molecule has 17 heteroatoms. The standard InChI is InChI=1S/C22H25FN4O3S.C12H20N2OS.C8H6BrFO2.2C2H6/c1-3-27(4-2)11-12-30-16-8-6-15(7-9-16)25-22-26-21(24)20(31-22)19(29)14-5-10-18(28)17(23)13-14;1-3-14(4-2)9-10-15-12-7-5-11(13-16)6-8-12;9-4-8(12)5-1-2-7(11)6(10)3-5;2*1-2/h5-10,13,28H,3-4,11-12,24H2,1-2H3,(H,25,26);5-8,13,16H,3-4,9-10H2,1-2H3;1-3,11H,4H2;2*1-2H3. The molecule has 0 radical (unpaired) electrons. The van der Waals surface area contributed by atoms with Gasteiger partial charge in [-0.15, -0.1) is 0 Å². The van der Waals surface area contributed by atoms with Crippen LogP contribution in [0, 0.1) is 11.6 Å². The minimum Gasteiger partial charge on any atom is -0.505 e. The molecule has 0 unspecified atom stereocenters. The number of hydrogen-bond acceptors (Lipinski definition) is 14. The maximum absolute atomic E-state index is 13.6. The maximum atomic E-state index is 13.6. The average molecular weight is 978 g/mol. The number of ether oxygens (including phenoxy) is 2. The summed E-state index contributed by atoms with van der Waals surface area (Å²) in [5.74, 6) is -1.55. The summed E-state index contributed by atoms with van der Waals surface area (Å²) in [5.41, 5.74) is 7.97. The Balaban J connectivity index is 0.000000517. The van der Waals surface area contributed by atoms with Gasteiger partial charge in [-0.2, -0.15) is 0 Å². The fourth-order valence-electron chi connectivity index (χ4n) is 5.13. The number of carbonyl (C=O) groups is 2. The first-order chi connectivity index (χ1) is 30.3. The van der Waals surface area contributed by atoms with Gasteiger partial charge < -0.3 is 45.3 Å². The molecular weight excluding hydrogens is 915 g/mol. The Kier molecular flexibility index (Phi) is 28.3. The number of thiazole rings is 1. The van der Waals surface area contributed by atoms with Crippen LogP contribution in [-0.4, -0.2) is 94.4 Å². The number of phenolic OH excluding ortho intramolecular Hbond substituents is 2. The van der Waals surface area contributed by atoms with Gasteiger partial charge in [0.05, 0.1) is 5.33 Å². The number of nitrogens with zero attached hydrogens (tertiary/aromatic N) is 3. The molecule has 12 nitrogen and oxygen atoms in total. The van der Waals surface area contributed by atoms with Gasteiger partial charge in [0.2, 0.25) is 5.78 Å². The molecule has 0 bridgehead atoms. The van der Waals surface area contributed by atoms with Crippen molar-refractivity contribution >= 4 is 74.0 Å². The second-order valence-corrected chi connectivity index (χ2v) is 14.3. The summed E-state index contributed by atoms with van der Waals surface area (Å²) >= 11 is 8.00. The second-order valence-electron chi connectivity index (χ2n) is 12.5. The van der Waals surface area contributed by atoms with Crippen LogP contribution in [0.2, 0.25) is 0 Å². The number of nitrogens with two attached hydrogens (primary N) is 1. The number of thiol groups is 1. The van der Waals surface area contributed by atoms with Crippen LogP contribution < -0.4 is 25.2 Å². The van der Waals surface area contributed by atoms with E-state index in [2.05, 4.69) is 81.3 Å². The van der Waals surface area contributed by atoms with Crippen molar-refractivity contribution in [3.63, 3.8) is 0 Å². The van der Waals surface area contributed by atoms with E-state index in [-0.39, 0.29) is 32.9 Å². The molecule has 4 aromatic carbocycles. The lowest BCUT2D eigenvalue weighted by molar-refractivity contribution is 0.102. The van der Waals surface area contributed by atoms with E-state index in [1.54, 1.807) is 0 Å². The summed E-state index contributed by atoms with van der Waals surface area (Å²) in [6, 6.07) is 22.2. The minimum absolute atomic E-state index is 0.0577. The Morgan fingerprint density at radius 3 is 1.57 bits per heavy atom. The number of benzene rings is 4. The number of phenols is 2. The average Bonchev–Trinajstić information content (AvgIpc) is 3.69. The van der Waals surface area contributed by atoms with E-state index in [1.165, 1.54) is 12.1 Å². The topological polar surface area (TPSA) is 163 Å². The number of alkyl halides is 1. The number of halogens is 3. The quantitative estimate of drug-likeness (QED) is 0.0264. The lowest BCUT2D eigenvalue weighted by Gasteiger charge is -2.18. The van der Waals surface area contributed by atoms with Crippen molar-refractivity contribution in [1.29, 1.82) is 0 Å². The van der Waals surface area contributed by atoms with E-state index in [0.29, 0.717) is 11.7 Å². The number of carbonyl (C=O) groups excluding carboxylic acids is 2. The van der Waals surface area contributed by atoms with Crippen LogP contribution in [0.3, 0.4) is 0 Å². The highest BCUT2D eigenvalue weighted by molar-refractivity contribution is 9.09. The number of nitrogens with one attached hydrogen (secondary N) is 2. The summed E-state index contributed by atoms with van der Waals surface area (Å²) in [5, 5.41) is 21.8. The Morgan fingerprint density at radius 1 is 0.730 bits per heavy atom. The van der Waals surface area contributed by atoms with Gasteiger partial charge in [0.25, 0.3) is 0 Å². The van der Waals surface area contributed by atoms with Gasteiger partial charge in [0.1, 0.15) is 35.4 Å². The number of rotatable bonds is 19. The van der Waals surface area contributed by atoms with Crippen molar-refractivity contribution < 1.29 is 38.1 Å². The number of ketones is 2. The number of hydrogen-bond donors (Lipinski definition) is 6. The van der Waals surface area contributed by atoms with Gasteiger partial charge in [-0.1, -0.05) is 95.5 Å². The molecule has 0 aliphatic rings. The predicted molar refractivity (Wildman–Crippen MR) is 262 cm³/mol. The highest BCUT2D eigenvalue weighted by Gasteiger charge is 2.19. The maximum Gasteiger partial charge on any atom is 0.206 e. The molecule has 0 amide bonds. The van der Waals surface area contributed by atoms with E-state index >= 15 is 0 Å². The molecule has 5 rings (SSSR count). The molecule has 1 heterocycles. The zero-order valence-electron chi connectivity index (χ0n) is 37.4. The lowest BCUT2D eigenvalue weighted by Crippen LogP contribution is -2.27. The van der Waals surface area contributed by atoms with Gasteiger partial charge in [0.15, 0.2) is 34.0 Å². The summed E-state index contributed by atoms with van der Waals surface area (Å²) in [7, 11) is 0. The lowest BCUT2D eigenvalue weighted by atomic mass is 10.1. The van der Waals surface area contributed by atoms with Gasteiger partial charge in [-0.05, 0) is 111 Å². The van der Waals surface area contributed by atoms with Crippen LogP contribution in [0.15, 0.2) is 84.9 Å². The molecule has 0 fully saturated rings. The van der Waals surface area contributed by atoms with E-state index in [4.69, 9.17) is 20.3 Å². The van der Waals surface area contributed by atoms with Crippen molar-refractivity contribution in [3.05, 3.63) is 113 Å². The highest BCUT2D eigenvalue weighted by atomic mass is 79.9. The van der Waals surface area contributed by atoms with E-state index in [9.17, 15) is 23.5 Å². The molecule has 0 saturated carbocycles. The smallest absolute Gasteiger partial charge is 0.206 e. The first-order valence-corrected chi connectivity index (χ1v) is 23.2. The third kappa shape index (κ3) is 20.0. The van der Waals surface area contributed by atoms with Crippen molar-refractivity contribution in [2.45, 2.75) is 55.4 Å². The molecular formula is C46H63BrF2N6O6S2. The van der Waals surface area contributed by atoms with Crippen LogP contribution in [0.5, 0.6) is 23.0 Å². The van der Waals surface area contributed by atoms with Crippen LogP contribution in [0.1, 0.15) is 81.0 Å². The number of anilines is 4. The number of likely N-dealkylation sites (N-methyl/N-ethyl adjacent to an activating group) is 2. The largest absolute Gasteiger partial charge is 0.505 e. The number of nitrogen functional groups attached to an aromatic ring is 1. The molecule has 346 valence electrons. The molecule has 0 saturated heterocycles. The van der Waals surface area contributed by atoms with Crippen LogP contribution >= 0.6 is 40.1 Å². The zero-order chi connectivity index (χ0) is 47.3. The number of aromatic nitrogens is 1. The normalized spacial score (nSPS) is 10.1. The third-order valence-electron chi connectivity index (χ3n) is 8.69.